The Hall–Kier alpha value is -0.910. The Balaban J connectivity index is 1.87. The van der Waals surface area contributed by atoms with Crippen LogP contribution < -0.4 is 5.32 Å². The molecule has 0 radical (unpaired) electrons. The summed E-state index contributed by atoms with van der Waals surface area (Å²) in [7, 11) is 0. The summed E-state index contributed by atoms with van der Waals surface area (Å²) < 4.78 is 5.49. The van der Waals surface area contributed by atoms with Gasteiger partial charge in [0.2, 0.25) is 5.91 Å². The summed E-state index contributed by atoms with van der Waals surface area (Å²) >= 11 is 1.68. The monoisotopic (exact) mass is 294 g/mol. The molecular formula is C15H22N2O2S. The van der Waals surface area contributed by atoms with E-state index in [1.165, 1.54) is 5.56 Å². The molecule has 1 aromatic heterocycles. The van der Waals surface area contributed by atoms with E-state index in [-0.39, 0.29) is 24.2 Å². The zero-order valence-electron chi connectivity index (χ0n) is 12.0. The van der Waals surface area contributed by atoms with Crippen molar-refractivity contribution in [2.24, 2.45) is 5.92 Å². The van der Waals surface area contributed by atoms with Crippen LogP contribution in [0.4, 0.5) is 0 Å². The number of ether oxygens (including phenoxy) is 1. The average Bonchev–Trinajstić information content (AvgIpc) is 3.17. The minimum absolute atomic E-state index is 0.0134. The predicted molar refractivity (Wildman–Crippen MR) is 79.5 cm³/mol. The predicted octanol–water partition coefficient (Wildman–Crippen LogP) is 2.38. The van der Waals surface area contributed by atoms with Crippen molar-refractivity contribution in [2.75, 3.05) is 13.2 Å². The smallest absolute Gasteiger partial charge is 0.241 e. The van der Waals surface area contributed by atoms with E-state index in [1.54, 1.807) is 11.3 Å². The number of thiophene rings is 1. The lowest BCUT2D eigenvalue weighted by Crippen LogP contribution is -2.41. The summed E-state index contributed by atoms with van der Waals surface area (Å²) in [6.07, 6.45) is 1.97. The van der Waals surface area contributed by atoms with Gasteiger partial charge in [-0.1, -0.05) is 20.3 Å². The van der Waals surface area contributed by atoms with Crippen molar-refractivity contribution in [3.05, 3.63) is 22.4 Å². The van der Waals surface area contributed by atoms with Crippen LogP contribution in [0.1, 0.15) is 38.4 Å². The molecule has 1 amide bonds. The maximum atomic E-state index is 12.8. The SMILES string of the molecule is CCC(C)C1NC(c2ccsc2)N(C2CCOC2)C1=O. The zero-order valence-corrected chi connectivity index (χ0v) is 12.9. The van der Waals surface area contributed by atoms with E-state index in [0.717, 1.165) is 19.4 Å². The van der Waals surface area contributed by atoms with Gasteiger partial charge in [-0.2, -0.15) is 11.3 Å². The van der Waals surface area contributed by atoms with E-state index in [0.29, 0.717) is 12.5 Å². The first kappa shape index (κ1) is 14.0. The van der Waals surface area contributed by atoms with Crippen LogP contribution in [0.2, 0.25) is 0 Å². The summed E-state index contributed by atoms with van der Waals surface area (Å²) in [5.74, 6) is 0.599. The number of rotatable bonds is 4. The van der Waals surface area contributed by atoms with Gasteiger partial charge in [0.05, 0.1) is 18.7 Å². The van der Waals surface area contributed by atoms with Crippen LogP contribution in [-0.4, -0.2) is 36.1 Å². The molecule has 4 nitrogen and oxygen atoms in total. The lowest BCUT2D eigenvalue weighted by molar-refractivity contribution is -0.133. The second-order valence-electron chi connectivity index (χ2n) is 5.75. The Morgan fingerprint density at radius 1 is 1.60 bits per heavy atom. The molecule has 5 heteroatoms. The molecule has 0 aromatic carbocycles. The fourth-order valence-electron chi connectivity index (χ4n) is 3.07. The second-order valence-corrected chi connectivity index (χ2v) is 6.53. The lowest BCUT2D eigenvalue weighted by atomic mass is 9.99. The Labute approximate surface area is 124 Å². The summed E-state index contributed by atoms with van der Waals surface area (Å²) in [5, 5.41) is 7.75. The number of hydrogen-bond donors (Lipinski definition) is 1. The highest BCUT2D eigenvalue weighted by Crippen LogP contribution is 2.33. The van der Waals surface area contributed by atoms with Gasteiger partial charge in [0.25, 0.3) is 0 Å². The van der Waals surface area contributed by atoms with Gasteiger partial charge in [-0.3, -0.25) is 10.1 Å². The first-order chi connectivity index (χ1) is 9.72. The van der Waals surface area contributed by atoms with Gasteiger partial charge in [-0.25, -0.2) is 0 Å². The molecule has 0 bridgehead atoms. The lowest BCUT2D eigenvalue weighted by Gasteiger charge is -2.28. The highest BCUT2D eigenvalue weighted by atomic mass is 32.1. The first-order valence-corrected chi connectivity index (χ1v) is 8.34. The van der Waals surface area contributed by atoms with E-state index in [4.69, 9.17) is 4.74 Å². The van der Waals surface area contributed by atoms with Gasteiger partial charge in [0.1, 0.15) is 6.17 Å². The van der Waals surface area contributed by atoms with Gasteiger partial charge in [0, 0.05) is 6.61 Å². The third-order valence-electron chi connectivity index (χ3n) is 4.51. The van der Waals surface area contributed by atoms with E-state index in [1.807, 2.05) is 4.90 Å². The second kappa shape index (κ2) is 5.84. The molecule has 4 atom stereocenters. The standard InChI is InChI=1S/C15H22N2O2S/c1-3-10(2)13-15(18)17(12-4-6-19-8-12)14(16-13)11-5-7-20-9-11/h5,7,9-10,12-14,16H,3-4,6,8H2,1-2H3. The van der Waals surface area contributed by atoms with Gasteiger partial charge in [-0.15, -0.1) is 0 Å². The summed E-state index contributed by atoms with van der Waals surface area (Å²) in [6.45, 7) is 5.72. The Morgan fingerprint density at radius 2 is 2.45 bits per heavy atom. The molecule has 2 fully saturated rings. The maximum Gasteiger partial charge on any atom is 0.241 e. The Morgan fingerprint density at radius 3 is 3.05 bits per heavy atom. The molecule has 2 saturated heterocycles. The number of nitrogens with zero attached hydrogens (tertiary/aromatic N) is 1. The Kier molecular flexibility index (Phi) is 4.10. The first-order valence-electron chi connectivity index (χ1n) is 7.40. The number of nitrogens with one attached hydrogen (secondary N) is 1. The molecule has 3 heterocycles. The van der Waals surface area contributed by atoms with E-state index >= 15 is 0 Å². The van der Waals surface area contributed by atoms with Crippen LogP contribution in [0.3, 0.4) is 0 Å². The third-order valence-corrected chi connectivity index (χ3v) is 5.21. The van der Waals surface area contributed by atoms with Crippen LogP contribution in [0, 0.1) is 5.92 Å². The normalized spacial score (nSPS) is 32.0. The third kappa shape index (κ3) is 2.38. The highest BCUT2D eigenvalue weighted by molar-refractivity contribution is 7.07. The maximum absolute atomic E-state index is 12.8. The number of hydrogen-bond acceptors (Lipinski definition) is 4. The molecule has 1 N–H and O–H groups in total. The molecule has 0 aliphatic carbocycles. The minimum Gasteiger partial charge on any atom is -0.379 e. The van der Waals surface area contributed by atoms with E-state index in [9.17, 15) is 4.79 Å². The highest BCUT2D eigenvalue weighted by Gasteiger charge is 2.45. The molecule has 0 spiro atoms. The topological polar surface area (TPSA) is 41.6 Å². The van der Waals surface area contributed by atoms with Crippen molar-refractivity contribution >= 4 is 17.2 Å². The van der Waals surface area contributed by atoms with Crippen LogP contribution in [0.15, 0.2) is 16.8 Å². The molecule has 2 aliphatic heterocycles. The van der Waals surface area contributed by atoms with Crippen molar-refractivity contribution in [2.45, 2.75) is 44.9 Å². The molecule has 3 rings (SSSR count). The number of amides is 1. The fraction of sp³-hybridized carbons (Fsp3) is 0.667. The van der Waals surface area contributed by atoms with Crippen LogP contribution in [-0.2, 0) is 9.53 Å². The summed E-state index contributed by atoms with van der Waals surface area (Å²) in [4.78, 5) is 14.8. The van der Waals surface area contributed by atoms with E-state index < -0.39 is 0 Å². The van der Waals surface area contributed by atoms with Crippen LogP contribution in [0.5, 0.6) is 0 Å². The van der Waals surface area contributed by atoms with Crippen molar-refractivity contribution in [1.29, 1.82) is 0 Å². The van der Waals surface area contributed by atoms with Gasteiger partial charge in [-0.05, 0) is 34.7 Å². The zero-order chi connectivity index (χ0) is 14.1. The molecule has 20 heavy (non-hydrogen) atoms. The van der Waals surface area contributed by atoms with Crippen molar-refractivity contribution in [3.8, 4) is 0 Å². The largest absolute Gasteiger partial charge is 0.379 e. The summed E-state index contributed by atoms with van der Waals surface area (Å²) in [5.41, 5.74) is 1.20. The van der Waals surface area contributed by atoms with E-state index in [2.05, 4.69) is 36.0 Å². The summed E-state index contributed by atoms with van der Waals surface area (Å²) in [6, 6.07) is 2.26. The number of carbonyl (C=O) groups is 1. The van der Waals surface area contributed by atoms with Gasteiger partial charge in [0.15, 0.2) is 0 Å². The average molecular weight is 294 g/mol. The minimum atomic E-state index is -0.0644. The fourth-order valence-corrected chi connectivity index (χ4v) is 3.75. The number of carbonyl (C=O) groups excluding carboxylic acids is 1. The van der Waals surface area contributed by atoms with Crippen LogP contribution >= 0.6 is 11.3 Å². The van der Waals surface area contributed by atoms with Crippen molar-refractivity contribution < 1.29 is 9.53 Å². The van der Waals surface area contributed by atoms with Crippen molar-refractivity contribution in [1.82, 2.24) is 10.2 Å². The Bertz CT molecular complexity index is 456. The molecule has 4 unspecified atom stereocenters. The van der Waals surface area contributed by atoms with Gasteiger partial charge < -0.3 is 9.64 Å². The van der Waals surface area contributed by atoms with Gasteiger partial charge >= 0.3 is 0 Å². The quantitative estimate of drug-likeness (QED) is 0.927. The molecular weight excluding hydrogens is 272 g/mol. The molecule has 1 aromatic rings. The van der Waals surface area contributed by atoms with Crippen molar-refractivity contribution in [3.63, 3.8) is 0 Å². The van der Waals surface area contributed by atoms with Crippen LogP contribution in [0.25, 0.3) is 0 Å². The molecule has 0 saturated carbocycles. The molecule has 110 valence electrons. The molecule has 2 aliphatic rings.